The van der Waals surface area contributed by atoms with Gasteiger partial charge >= 0.3 is 0 Å². The second-order valence-electron chi connectivity index (χ2n) is 13.5. The van der Waals surface area contributed by atoms with Crippen molar-refractivity contribution in [2.75, 3.05) is 45.8 Å². The first kappa shape index (κ1) is 40.2. The van der Waals surface area contributed by atoms with Gasteiger partial charge in [0.05, 0.1) is 0 Å². The maximum Gasteiger partial charge on any atom is 0.223 e. The van der Waals surface area contributed by atoms with E-state index in [0.717, 1.165) is 60.9 Å². The number of halogens is 3. The molecule has 8 rings (SSSR count). The van der Waals surface area contributed by atoms with Crippen LogP contribution in [0, 0.1) is 0 Å². The molecule has 2 unspecified atom stereocenters. The summed E-state index contributed by atoms with van der Waals surface area (Å²) in [5.74, 6) is 0.0271. The summed E-state index contributed by atoms with van der Waals surface area (Å²) in [6, 6.07) is 31.4. The fraction of sp³-hybridized carbons (Fsp3) is 0.375. The van der Waals surface area contributed by atoms with Crippen molar-refractivity contribution in [3.63, 3.8) is 0 Å². The van der Waals surface area contributed by atoms with E-state index in [4.69, 9.17) is 8.22 Å². The molecule has 0 saturated heterocycles. The molecule has 58 heavy (non-hydrogen) atoms. The molecule has 4 aromatic carbocycles. The molecule has 0 aliphatic carbocycles. The van der Waals surface area contributed by atoms with E-state index >= 15 is 0 Å². The van der Waals surface area contributed by atoms with Gasteiger partial charge in [0.25, 0.3) is 0 Å². The Morgan fingerprint density at radius 3 is 1.57 bits per heavy atom. The quantitative estimate of drug-likeness (QED) is 0.178. The number of nitrogens with one attached hydrogen (secondary N) is 1. The van der Waals surface area contributed by atoms with Gasteiger partial charge in [-0.05, 0) is 137 Å². The second kappa shape index (κ2) is 26.8. The number of rotatable bonds is 0. The summed E-state index contributed by atoms with van der Waals surface area (Å²) in [5, 5.41) is 2.87. The molecule has 2 atom stereocenters. The molecule has 0 saturated carbocycles. The molecule has 4 aliphatic heterocycles. The first-order valence-electron chi connectivity index (χ1n) is 22.2. The number of fused-ring (bicyclic) bond motifs is 4. The number of carbonyl (C=O) groups is 3. The van der Waals surface area contributed by atoms with Crippen molar-refractivity contribution in [2.45, 2.75) is 73.0 Å². The first-order chi connectivity index (χ1) is 29.9. The van der Waals surface area contributed by atoms with Gasteiger partial charge in [-0.1, -0.05) is 126 Å². The summed E-state index contributed by atoms with van der Waals surface area (Å²) in [6.45, 7) is 6.14. The molecular formula is C48H61BrI2N4O3. The third-order valence-electron chi connectivity index (χ3n) is 9.74. The highest BCUT2D eigenvalue weighted by Gasteiger charge is 2.17. The van der Waals surface area contributed by atoms with Crippen molar-refractivity contribution in [3.8, 4) is 0 Å². The van der Waals surface area contributed by atoms with Crippen LogP contribution in [0.4, 0.5) is 0 Å². The number of carbonyl (C=O) groups excluding carboxylic acids is 3. The predicted octanol–water partition coefficient (Wildman–Crippen LogP) is 9.80. The minimum atomic E-state index is -1.82. The van der Waals surface area contributed by atoms with Crippen LogP contribution in [-0.2, 0) is 59.2 Å². The zero-order valence-electron chi connectivity index (χ0n) is 38.9. The van der Waals surface area contributed by atoms with Crippen LogP contribution in [0.15, 0.2) is 103 Å². The molecule has 3 amide bonds. The topological polar surface area (TPSA) is 73.0 Å². The highest BCUT2D eigenvalue weighted by atomic mass is 128. The fourth-order valence-corrected chi connectivity index (χ4v) is 7.22. The van der Waals surface area contributed by atoms with Crippen LogP contribution in [0.1, 0.15) is 80.9 Å². The highest BCUT2D eigenvalue weighted by Crippen LogP contribution is 2.28. The van der Waals surface area contributed by atoms with Crippen molar-refractivity contribution in [3.05, 3.63) is 148 Å². The number of amides is 3. The standard InChI is InChI=1S/C12H12BrNO.2C12H15NO.C10H13N.CH2I2.CH4/c1-9(15)14-7-6-10-4-2-3-5-11(10)12(13)8-14;2*1-10(14)13-8-6-11-4-2-3-5-12(11)7-9-13;1-2-4-10-6-8-11-7-5-9(10)3-1;1-3-2;/h2-5,8H,6-7H2,1H3;2*2-5H,6-9H2,1H3;1-4,11H,5-8H2;1H2;1H4/i;6T2,8T;;5T2,7T;;. The van der Waals surface area contributed by atoms with Gasteiger partial charge in [-0.3, -0.25) is 14.4 Å². The zero-order chi connectivity index (χ0) is 46.3. The average molecular weight is 1090 g/mol. The fourth-order valence-electron chi connectivity index (χ4n) is 6.58. The van der Waals surface area contributed by atoms with Crippen LogP contribution in [0.5, 0.6) is 0 Å². The highest BCUT2D eigenvalue weighted by molar-refractivity contribution is 15.0. The van der Waals surface area contributed by atoms with E-state index in [1.54, 1.807) is 36.9 Å². The lowest BCUT2D eigenvalue weighted by atomic mass is 10.0. The van der Waals surface area contributed by atoms with Crippen molar-refractivity contribution >= 4 is 78.0 Å². The molecule has 0 spiro atoms. The number of nitrogens with zero attached hydrogens (tertiary/aromatic N) is 3. The molecular weight excluding hydrogens is 1010 g/mol. The van der Waals surface area contributed by atoms with Crippen molar-refractivity contribution in [2.24, 2.45) is 0 Å². The van der Waals surface area contributed by atoms with Crippen LogP contribution in [0.25, 0.3) is 4.48 Å². The Balaban J connectivity index is 0.000000221. The number of benzene rings is 4. The summed E-state index contributed by atoms with van der Waals surface area (Å²) >= 11 is 6.11. The van der Waals surface area contributed by atoms with Gasteiger partial charge in [-0.15, -0.1) is 0 Å². The van der Waals surface area contributed by atoms with Gasteiger partial charge in [0.15, 0.2) is 0 Å². The lowest BCUT2D eigenvalue weighted by Gasteiger charge is -2.17. The van der Waals surface area contributed by atoms with Crippen LogP contribution in [0.2, 0.25) is 0 Å². The SMILES string of the molecule is C.C=II.CC(=O)N1C=C(Br)c2ccccc2CC1.CC(=O)N1CCc2ccccc2CC1.[3H]C1N(C(C)=O)CCc2ccccc2C1([3H])[3H].[3H]C1NCCc2ccccc2C1([3H])[3H]. The molecule has 0 fully saturated rings. The van der Waals surface area contributed by atoms with Crippen molar-refractivity contribution in [1.29, 1.82) is 0 Å². The molecule has 4 aliphatic rings. The van der Waals surface area contributed by atoms with E-state index in [1.165, 1.54) is 34.1 Å². The van der Waals surface area contributed by atoms with Crippen LogP contribution in [0.3, 0.4) is 0 Å². The van der Waals surface area contributed by atoms with Gasteiger partial charge in [0, 0.05) is 72.4 Å². The van der Waals surface area contributed by atoms with E-state index in [-0.39, 0.29) is 25.1 Å². The van der Waals surface area contributed by atoms with Gasteiger partial charge in [-0.25, -0.2) is 0 Å². The Bertz CT molecular complexity index is 2200. The lowest BCUT2D eigenvalue weighted by molar-refractivity contribution is -0.129. The number of aryl methyl sites for hydroxylation is 2. The Hall–Kier alpha value is -3.20. The maximum atomic E-state index is 11.4. The average Bonchev–Trinajstić information content (AvgIpc) is 3.67. The minimum Gasteiger partial charge on any atom is -0.342 e. The Morgan fingerprint density at radius 2 is 1.05 bits per heavy atom. The molecule has 7 nitrogen and oxygen atoms in total. The van der Waals surface area contributed by atoms with E-state index in [1.807, 2.05) is 53.6 Å². The van der Waals surface area contributed by atoms with E-state index < -0.39 is 25.8 Å². The third kappa shape index (κ3) is 16.1. The second-order valence-corrected chi connectivity index (χ2v) is 18.8. The maximum absolute atomic E-state index is 11.4. The Kier molecular flexibility index (Phi) is 18.6. The summed E-state index contributed by atoms with van der Waals surface area (Å²) in [6.07, 6.45) is 2.75. The Morgan fingerprint density at radius 1 is 0.638 bits per heavy atom. The predicted molar refractivity (Wildman–Crippen MR) is 265 cm³/mol. The van der Waals surface area contributed by atoms with Crippen molar-refractivity contribution in [1.82, 2.24) is 20.0 Å². The number of hydrogen-bond acceptors (Lipinski definition) is 4. The van der Waals surface area contributed by atoms with Gasteiger partial charge in [0.2, 0.25) is 17.7 Å². The molecule has 0 bridgehead atoms. The zero-order valence-corrected chi connectivity index (χ0v) is 38.8. The lowest BCUT2D eigenvalue weighted by Crippen LogP contribution is -2.30. The first-order valence-corrected chi connectivity index (χ1v) is 27.6. The van der Waals surface area contributed by atoms with Crippen LogP contribution < -0.4 is 5.32 Å². The monoisotopic (exact) mass is 1090 g/mol. The van der Waals surface area contributed by atoms with Crippen molar-refractivity contribution < 1.29 is 22.6 Å². The van der Waals surface area contributed by atoms with E-state index in [0.29, 0.717) is 47.4 Å². The molecule has 0 radical (unpaired) electrons. The Labute approximate surface area is 384 Å². The largest absolute Gasteiger partial charge is 0.342 e. The normalized spacial score (nSPS) is 21.0. The summed E-state index contributed by atoms with van der Waals surface area (Å²) in [7, 11) is 0. The molecule has 4 aromatic rings. The molecule has 312 valence electrons. The number of hydrogen-bond donors (Lipinski definition) is 1. The van der Waals surface area contributed by atoms with E-state index in [2.05, 4.69) is 80.8 Å². The molecule has 10 heteroatoms. The van der Waals surface area contributed by atoms with Crippen LogP contribution >= 0.6 is 51.3 Å². The van der Waals surface area contributed by atoms with Crippen LogP contribution in [-0.4, -0.2) is 82.7 Å². The summed E-state index contributed by atoms with van der Waals surface area (Å²) in [5.41, 5.74) is 8.35. The smallest absolute Gasteiger partial charge is 0.223 e. The van der Waals surface area contributed by atoms with Gasteiger partial charge in [-0.2, -0.15) is 0 Å². The summed E-state index contributed by atoms with van der Waals surface area (Å²) < 4.78 is 52.1. The third-order valence-corrected chi connectivity index (χ3v) is 10.4. The molecule has 1 N–H and O–H groups in total. The minimum absolute atomic E-state index is 0. The molecule has 0 aromatic heterocycles. The summed E-state index contributed by atoms with van der Waals surface area (Å²) in [4.78, 5) is 38.9. The van der Waals surface area contributed by atoms with Gasteiger partial charge in [0.1, 0.15) is 0 Å². The molecule has 4 heterocycles. The van der Waals surface area contributed by atoms with Gasteiger partial charge < -0.3 is 20.0 Å². The van der Waals surface area contributed by atoms with E-state index in [9.17, 15) is 14.4 Å².